The van der Waals surface area contributed by atoms with Gasteiger partial charge in [0.1, 0.15) is 23.9 Å². The molecule has 20 heavy (non-hydrogen) atoms. The summed E-state index contributed by atoms with van der Waals surface area (Å²) in [4.78, 5) is 0. The lowest BCUT2D eigenvalue weighted by atomic mass is 9.79. The van der Waals surface area contributed by atoms with Crippen LogP contribution in [0, 0.1) is 5.82 Å². The maximum Gasteiger partial charge on any atom is 0.492 e. The van der Waals surface area contributed by atoms with Gasteiger partial charge in [-0.15, -0.1) is 0 Å². The van der Waals surface area contributed by atoms with E-state index in [2.05, 4.69) is 0 Å². The fourth-order valence-electron chi connectivity index (χ4n) is 1.77. The Balaban J connectivity index is 2.09. The van der Waals surface area contributed by atoms with Gasteiger partial charge in [0, 0.05) is 5.46 Å². The molecule has 0 fully saturated rings. The second kappa shape index (κ2) is 6.41. The third-order valence-corrected chi connectivity index (χ3v) is 2.79. The summed E-state index contributed by atoms with van der Waals surface area (Å²) >= 11 is 0. The molecule has 0 unspecified atom stereocenters. The van der Waals surface area contributed by atoms with Crippen LogP contribution in [0.2, 0.25) is 0 Å². The second-order valence-corrected chi connectivity index (χ2v) is 4.19. The lowest BCUT2D eigenvalue weighted by Crippen LogP contribution is -2.31. The maximum absolute atomic E-state index is 12.8. The van der Waals surface area contributed by atoms with Crippen LogP contribution >= 0.6 is 0 Å². The Morgan fingerprint density at radius 1 is 1.10 bits per heavy atom. The smallest absolute Gasteiger partial charge is 0.492 e. The van der Waals surface area contributed by atoms with Gasteiger partial charge in [0.05, 0.1) is 7.11 Å². The molecular weight excluding hydrogens is 262 g/mol. The maximum atomic E-state index is 12.8. The molecule has 0 radical (unpaired) electrons. The standard InChI is InChI=1S/C14H14BFO4/c1-19-14-7-2-10(8-13(14)15(17)18)9-20-12-5-3-11(16)4-6-12/h2-8,17-18H,9H2,1H3. The zero-order valence-electron chi connectivity index (χ0n) is 10.9. The van der Waals surface area contributed by atoms with Gasteiger partial charge >= 0.3 is 7.12 Å². The van der Waals surface area contributed by atoms with Crippen LogP contribution in [0.4, 0.5) is 4.39 Å². The van der Waals surface area contributed by atoms with Crippen molar-refractivity contribution in [2.24, 2.45) is 0 Å². The second-order valence-electron chi connectivity index (χ2n) is 4.19. The fraction of sp³-hybridized carbons (Fsp3) is 0.143. The van der Waals surface area contributed by atoms with Crippen molar-refractivity contribution in [3.63, 3.8) is 0 Å². The van der Waals surface area contributed by atoms with Crippen LogP contribution in [0.3, 0.4) is 0 Å². The van der Waals surface area contributed by atoms with Gasteiger partial charge in [-0.1, -0.05) is 12.1 Å². The zero-order valence-corrected chi connectivity index (χ0v) is 10.9. The molecule has 0 bridgehead atoms. The molecule has 6 heteroatoms. The first kappa shape index (κ1) is 14.4. The molecular formula is C14H14BFO4. The SMILES string of the molecule is COc1ccc(COc2ccc(F)cc2)cc1B(O)O. The van der Waals surface area contributed by atoms with Crippen molar-refractivity contribution >= 4 is 12.6 Å². The predicted octanol–water partition coefficient (Wildman–Crippen LogP) is 1.09. The normalized spacial score (nSPS) is 10.2. The van der Waals surface area contributed by atoms with Gasteiger partial charge in [0.25, 0.3) is 0 Å². The van der Waals surface area contributed by atoms with Crippen LogP contribution in [0.5, 0.6) is 11.5 Å². The Morgan fingerprint density at radius 2 is 1.80 bits per heavy atom. The van der Waals surface area contributed by atoms with Crippen LogP contribution in [-0.2, 0) is 6.61 Å². The van der Waals surface area contributed by atoms with Crippen molar-refractivity contribution in [3.05, 3.63) is 53.8 Å². The number of rotatable bonds is 5. The molecule has 0 heterocycles. The average molecular weight is 276 g/mol. The van der Waals surface area contributed by atoms with E-state index in [0.717, 1.165) is 5.56 Å². The van der Waals surface area contributed by atoms with Gasteiger partial charge in [-0.05, 0) is 35.9 Å². The van der Waals surface area contributed by atoms with E-state index in [0.29, 0.717) is 11.5 Å². The van der Waals surface area contributed by atoms with E-state index in [-0.39, 0.29) is 17.9 Å². The van der Waals surface area contributed by atoms with Crippen LogP contribution in [-0.4, -0.2) is 24.3 Å². The van der Waals surface area contributed by atoms with E-state index in [9.17, 15) is 14.4 Å². The van der Waals surface area contributed by atoms with Gasteiger partial charge in [-0.3, -0.25) is 0 Å². The van der Waals surface area contributed by atoms with E-state index in [1.54, 1.807) is 18.2 Å². The first-order valence-electron chi connectivity index (χ1n) is 6.01. The molecule has 0 amide bonds. The van der Waals surface area contributed by atoms with E-state index in [1.807, 2.05) is 0 Å². The Bertz CT molecular complexity index is 572. The molecule has 0 aliphatic rings. The third-order valence-electron chi connectivity index (χ3n) is 2.79. The molecule has 2 aromatic rings. The molecule has 2 rings (SSSR count). The average Bonchev–Trinajstić information content (AvgIpc) is 2.46. The number of halogens is 1. The number of hydrogen-bond acceptors (Lipinski definition) is 4. The number of benzene rings is 2. The summed E-state index contributed by atoms with van der Waals surface area (Å²) in [5.41, 5.74) is 1.02. The minimum Gasteiger partial charge on any atom is -0.497 e. The minimum atomic E-state index is -1.62. The van der Waals surface area contributed by atoms with E-state index in [4.69, 9.17) is 9.47 Å². The summed E-state index contributed by atoms with van der Waals surface area (Å²) in [5.74, 6) is 0.603. The summed E-state index contributed by atoms with van der Waals surface area (Å²) < 4.78 is 23.3. The van der Waals surface area contributed by atoms with Crippen LogP contribution < -0.4 is 14.9 Å². The van der Waals surface area contributed by atoms with Gasteiger partial charge in [0.2, 0.25) is 0 Å². The Hall–Kier alpha value is -2.05. The van der Waals surface area contributed by atoms with Crippen molar-refractivity contribution in [1.29, 1.82) is 0 Å². The quantitative estimate of drug-likeness (QED) is 0.803. The molecule has 0 atom stereocenters. The molecule has 0 saturated carbocycles. The summed E-state index contributed by atoms with van der Waals surface area (Å²) in [6, 6.07) is 10.7. The highest BCUT2D eigenvalue weighted by atomic mass is 19.1. The fourth-order valence-corrected chi connectivity index (χ4v) is 1.77. The highest BCUT2D eigenvalue weighted by Gasteiger charge is 2.17. The number of methoxy groups -OCH3 is 1. The van der Waals surface area contributed by atoms with Crippen molar-refractivity contribution in [1.82, 2.24) is 0 Å². The van der Waals surface area contributed by atoms with Crippen molar-refractivity contribution in [2.75, 3.05) is 7.11 Å². The summed E-state index contributed by atoms with van der Waals surface area (Å²) in [6.45, 7) is 0.231. The Kier molecular flexibility index (Phi) is 4.60. The molecule has 0 spiro atoms. The highest BCUT2D eigenvalue weighted by Crippen LogP contribution is 2.15. The monoisotopic (exact) mass is 276 g/mol. The Morgan fingerprint density at radius 3 is 2.40 bits per heavy atom. The van der Waals surface area contributed by atoms with Gasteiger partial charge in [-0.2, -0.15) is 0 Å². The first-order chi connectivity index (χ1) is 9.60. The topological polar surface area (TPSA) is 58.9 Å². The van der Waals surface area contributed by atoms with Crippen molar-refractivity contribution in [2.45, 2.75) is 6.61 Å². The summed E-state index contributed by atoms with van der Waals surface area (Å²) in [6.07, 6.45) is 0. The number of ether oxygens (including phenoxy) is 2. The number of hydrogen-bond donors (Lipinski definition) is 2. The molecule has 0 aliphatic carbocycles. The van der Waals surface area contributed by atoms with E-state index < -0.39 is 7.12 Å². The Labute approximate surface area is 116 Å². The molecule has 2 N–H and O–H groups in total. The van der Waals surface area contributed by atoms with Crippen LogP contribution in [0.25, 0.3) is 0 Å². The van der Waals surface area contributed by atoms with E-state index in [1.165, 1.54) is 31.4 Å². The predicted molar refractivity (Wildman–Crippen MR) is 73.6 cm³/mol. The van der Waals surface area contributed by atoms with Gasteiger partial charge in [0.15, 0.2) is 0 Å². The zero-order chi connectivity index (χ0) is 14.5. The van der Waals surface area contributed by atoms with Crippen LogP contribution in [0.15, 0.2) is 42.5 Å². The molecule has 4 nitrogen and oxygen atoms in total. The molecule has 2 aromatic carbocycles. The van der Waals surface area contributed by atoms with E-state index >= 15 is 0 Å². The lowest BCUT2D eigenvalue weighted by molar-refractivity contribution is 0.305. The first-order valence-corrected chi connectivity index (χ1v) is 6.01. The van der Waals surface area contributed by atoms with Crippen LogP contribution in [0.1, 0.15) is 5.56 Å². The minimum absolute atomic E-state index is 0.231. The molecule has 0 aliphatic heterocycles. The molecule has 0 saturated heterocycles. The summed E-state index contributed by atoms with van der Waals surface area (Å²) in [7, 11) is -0.161. The largest absolute Gasteiger partial charge is 0.497 e. The third kappa shape index (κ3) is 3.49. The van der Waals surface area contributed by atoms with Gasteiger partial charge < -0.3 is 19.5 Å². The van der Waals surface area contributed by atoms with Crippen molar-refractivity contribution < 1.29 is 23.9 Å². The highest BCUT2D eigenvalue weighted by molar-refractivity contribution is 6.59. The molecule has 104 valence electrons. The molecule has 0 aromatic heterocycles. The summed E-state index contributed by atoms with van der Waals surface area (Å²) in [5, 5.41) is 18.5. The van der Waals surface area contributed by atoms with Gasteiger partial charge in [-0.25, -0.2) is 4.39 Å². The lowest BCUT2D eigenvalue weighted by Gasteiger charge is -2.11. The van der Waals surface area contributed by atoms with Crippen molar-refractivity contribution in [3.8, 4) is 11.5 Å².